The van der Waals surface area contributed by atoms with Crippen LogP contribution in [0.4, 0.5) is 0 Å². The number of para-hydroxylation sites is 1. The average Bonchev–Trinajstić information content (AvgIpc) is 2.51. The molecule has 0 unspecified atom stereocenters. The summed E-state index contributed by atoms with van der Waals surface area (Å²) in [6.07, 6.45) is 5.00. The summed E-state index contributed by atoms with van der Waals surface area (Å²) >= 11 is 0. The van der Waals surface area contributed by atoms with E-state index in [2.05, 4.69) is 9.88 Å². The zero-order valence-electron chi connectivity index (χ0n) is 12.7. The van der Waals surface area contributed by atoms with Gasteiger partial charge < -0.3 is 4.90 Å². The summed E-state index contributed by atoms with van der Waals surface area (Å²) in [5, 5.41) is 1.08. The molecule has 1 saturated heterocycles. The standard InChI is InChI=1S/C17H23N3O/c1-14-15-8-3-4-9-16(15)20(17(21)18-14)13-7-12-19-10-5-2-6-11-19/h3-4,8-9H,2,5-7,10-13H2,1H3. The van der Waals surface area contributed by atoms with Crippen molar-refractivity contribution in [3.8, 4) is 0 Å². The summed E-state index contributed by atoms with van der Waals surface area (Å²) in [5.41, 5.74) is 1.71. The molecule has 112 valence electrons. The number of nitrogens with zero attached hydrogens (tertiary/aromatic N) is 3. The van der Waals surface area contributed by atoms with E-state index >= 15 is 0 Å². The van der Waals surface area contributed by atoms with Gasteiger partial charge in [-0.3, -0.25) is 4.57 Å². The van der Waals surface area contributed by atoms with E-state index in [1.54, 1.807) is 0 Å². The molecule has 21 heavy (non-hydrogen) atoms. The van der Waals surface area contributed by atoms with Crippen molar-refractivity contribution in [2.24, 2.45) is 0 Å². The van der Waals surface area contributed by atoms with Crippen molar-refractivity contribution in [1.82, 2.24) is 14.5 Å². The summed E-state index contributed by atoms with van der Waals surface area (Å²) in [4.78, 5) is 18.8. The minimum absolute atomic E-state index is 0.121. The molecule has 0 amide bonds. The molecule has 0 bridgehead atoms. The van der Waals surface area contributed by atoms with Crippen LogP contribution in [-0.4, -0.2) is 34.1 Å². The number of benzene rings is 1. The van der Waals surface area contributed by atoms with Gasteiger partial charge in [0.2, 0.25) is 0 Å². The molecule has 0 N–H and O–H groups in total. The van der Waals surface area contributed by atoms with Crippen molar-refractivity contribution in [3.05, 3.63) is 40.4 Å². The monoisotopic (exact) mass is 285 g/mol. The Kier molecular flexibility index (Phi) is 4.34. The lowest BCUT2D eigenvalue weighted by molar-refractivity contribution is 0.223. The average molecular weight is 285 g/mol. The molecule has 1 aliphatic rings. The molecular formula is C17H23N3O. The quantitative estimate of drug-likeness (QED) is 0.866. The predicted molar refractivity (Wildman–Crippen MR) is 85.6 cm³/mol. The highest BCUT2D eigenvalue weighted by molar-refractivity contribution is 5.80. The van der Waals surface area contributed by atoms with E-state index in [1.807, 2.05) is 35.8 Å². The first kappa shape index (κ1) is 14.3. The van der Waals surface area contributed by atoms with Crippen molar-refractivity contribution >= 4 is 10.9 Å². The molecule has 0 radical (unpaired) electrons. The Labute approximate surface area is 125 Å². The van der Waals surface area contributed by atoms with Crippen LogP contribution >= 0.6 is 0 Å². The van der Waals surface area contributed by atoms with E-state index in [4.69, 9.17) is 0 Å². The molecule has 1 aromatic heterocycles. The van der Waals surface area contributed by atoms with E-state index in [-0.39, 0.29) is 5.69 Å². The van der Waals surface area contributed by atoms with Crippen molar-refractivity contribution in [3.63, 3.8) is 0 Å². The predicted octanol–water partition coefficient (Wildman–Crippen LogP) is 2.58. The Balaban J connectivity index is 1.75. The van der Waals surface area contributed by atoms with Gasteiger partial charge in [0.05, 0.1) is 11.2 Å². The van der Waals surface area contributed by atoms with E-state index < -0.39 is 0 Å². The van der Waals surface area contributed by atoms with E-state index in [1.165, 1.54) is 32.4 Å². The molecule has 0 aliphatic carbocycles. The molecule has 3 rings (SSSR count). The van der Waals surface area contributed by atoms with Crippen LogP contribution < -0.4 is 5.69 Å². The Morgan fingerprint density at radius 2 is 1.86 bits per heavy atom. The van der Waals surface area contributed by atoms with Gasteiger partial charge in [0.15, 0.2) is 0 Å². The highest BCUT2D eigenvalue weighted by Crippen LogP contribution is 2.15. The van der Waals surface area contributed by atoms with Gasteiger partial charge in [0.1, 0.15) is 0 Å². The number of aryl methyl sites for hydroxylation is 2. The Bertz CT molecular complexity index is 671. The maximum Gasteiger partial charge on any atom is 0.348 e. The van der Waals surface area contributed by atoms with Crippen LogP contribution in [0, 0.1) is 6.92 Å². The minimum Gasteiger partial charge on any atom is -0.303 e. The lowest BCUT2D eigenvalue weighted by Crippen LogP contribution is -2.32. The van der Waals surface area contributed by atoms with Crippen LogP contribution in [-0.2, 0) is 6.54 Å². The Morgan fingerprint density at radius 3 is 2.67 bits per heavy atom. The molecule has 0 atom stereocenters. The third-order valence-electron chi connectivity index (χ3n) is 4.38. The molecule has 1 fully saturated rings. The van der Waals surface area contributed by atoms with Crippen molar-refractivity contribution in [1.29, 1.82) is 0 Å². The summed E-state index contributed by atoms with van der Waals surface area (Å²) in [7, 11) is 0. The summed E-state index contributed by atoms with van der Waals surface area (Å²) < 4.78 is 1.83. The fourth-order valence-electron chi connectivity index (χ4n) is 3.23. The highest BCUT2D eigenvalue weighted by Gasteiger charge is 2.11. The first-order valence-electron chi connectivity index (χ1n) is 7.94. The van der Waals surface area contributed by atoms with Crippen LogP contribution in [0.25, 0.3) is 10.9 Å². The molecule has 1 aromatic carbocycles. The molecule has 4 heteroatoms. The minimum atomic E-state index is -0.121. The molecule has 0 spiro atoms. The lowest BCUT2D eigenvalue weighted by atomic mass is 10.1. The maximum absolute atomic E-state index is 12.2. The number of hydrogen-bond donors (Lipinski definition) is 0. The number of rotatable bonds is 4. The van der Waals surface area contributed by atoms with Crippen molar-refractivity contribution < 1.29 is 0 Å². The highest BCUT2D eigenvalue weighted by atomic mass is 16.1. The smallest absolute Gasteiger partial charge is 0.303 e. The summed E-state index contributed by atoms with van der Waals surface area (Å²) in [6.45, 7) is 6.16. The zero-order chi connectivity index (χ0) is 14.7. The summed E-state index contributed by atoms with van der Waals surface area (Å²) in [6, 6.07) is 8.05. The molecule has 0 saturated carbocycles. The topological polar surface area (TPSA) is 38.1 Å². The van der Waals surface area contributed by atoms with Crippen molar-refractivity contribution in [2.75, 3.05) is 19.6 Å². The third kappa shape index (κ3) is 3.16. The van der Waals surface area contributed by atoms with Crippen LogP contribution in [0.2, 0.25) is 0 Å². The van der Waals surface area contributed by atoms with E-state index in [0.29, 0.717) is 0 Å². The van der Waals surface area contributed by atoms with Gasteiger partial charge in [-0.25, -0.2) is 4.79 Å². The number of fused-ring (bicyclic) bond motifs is 1. The van der Waals surface area contributed by atoms with Gasteiger partial charge in [-0.1, -0.05) is 24.6 Å². The van der Waals surface area contributed by atoms with E-state index in [0.717, 1.165) is 36.1 Å². The van der Waals surface area contributed by atoms with Gasteiger partial charge in [-0.2, -0.15) is 4.98 Å². The normalized spacial score (nSPS) is 16.4. The molecule has 2 heterocycles. The number of hydrogen-bond acceptors (Lipinski definition) is 3. The molecular weight excluding hydrogens is 262 g/mol. The second-order valence-electron chi connectivity index (χ2n) is 5.90. The van der Waals surface area contributed by atoms with Crippen LogP contribution in [0.15, 0.2) is 29.1 Å². The first-order valence-corrected chi connectivity index (χ1v) is 7.94. The number of piperidine rings is 1. The second kappa shape index (κ2) is 6.39. The van der Waals surface area contributed by atoms with Crippen LogP contribution in [0.1, 0.15) is 31.4 Å². The summed E-state index contributed by atoms with van der Waals surface area (Å²) in [5.74, 6) is 0. The zero-order valence-corrected chi connectivity index (χ0v) is 12.7. The number of likely N-dealkylation sites (tertiary alicyclic amines) is 1. The SMILES string of the molecule is Cc1nc(=O)n(CCCN2CCCCC2)c2ccccc12. The molecule has 1 aliphatic heterocycles. The Hall–Kier alpha value is -1.68. The molecule has 4 nitrogen and oxygen atoms in total. The van der Waals surface area contributed by atoms with Gasteiger partial charge in [-0.05, 0) is 51.9 Å². The van der Waals surface area contributed by atoms with E-state index in [9.17, 15) is 4.79 Å². The lowest BCUT2D eigenvalue weighted by Gasteiger charge is -2.26. The van der Waals surface area contributed by atoms with Gasteiger partial charge in [-0.15, -0.1) is 0 Å². The fraction of sp³-hybridized carbons (Fsp3) is 0.529. The Morgan fingerprint density at radius 1 is 1.10 bits per heavy atom. The maximum atomic E-state index is 12.2. The first-order chi connectivity index (χ1) is 10.3. The van der Waals surface area contributed by atoms with Gasteiger partial charge >= 0.3 is 5.69 Å². The second-order valence-corrected chi connectivity index (χ2v) is 5.90. The van der Waals surface area contributed by atoms with Gasteiger partial charge in [0.25, 0.3) is 0 Å². The van der Waals surface area contributed by atoms with Gasteiger partial charge in [0, 0.05) is 11.9 Å². The number of aromatic nitrogens is 2. The van der Waals surface area contributed by atoms with Crippen LogP contribution in [0.5, 0.6) is 0 Å². The van der Waals surface area contributed by atoms with Crippen LogP contribution in [0.3, 0.4) is 0 Å². The van der Waals surface area contributed by atoms with Crippen molar-refractivity contribution in [2.45, 2.75) is 39.2 Å². The third-order valence-corrected chi connectivity index (χ3v) is 4.38. The fourth-order valence-corrected chi connectivity index (χ4v) is 3.23. The largest absolute Gasteiger partial charge is 0.348 e. The molecule has 2 aromatic rings.